The van der Waals surface area contributed by atoms with E-state index in [2.05, 4.69) is 73.2 Å². The standard InChI is InChI=1S/C22H24N7/c1-17-20-14-27-10-12-28(13-11-27)22-21(24-8-9-25-22)19-4-2-18(3-5-19)6-7-23-16-29(15-20)26-17/h2-5,8-9,15H,6,10-14,16H2,1H3/q+1. The fraction of sp³-hybridized carbons (Fsp3) is 0.364. The van der Waals surface area contributed by atoms with E-state index in [-0.39, 0.29) is 0 Å². The van der Waals surface area contributed by atoms with Gasteiger partial charge in [-0.05, 0) is 12.5 Å². The predicted octanol–water partition coefficient (Wildman–Crippen LogP) is 2.82. The van der Waals surface area contributed by atoms with Crippen LogP contribution in [0.3, 0.4) is 0 Å². The van der Waals surface area contributed by atoms with Crippen LogP contribution in [0.2, 0.25) is 0 Å². The first-order valence-corrected chi connectivity index (χ1v) is 10.1. The Kier molecular flexibility index (Phi) is 4.70. The summed E-state index contributed by atoms with van der Waals surface area (Å²) >= 11 is 0. The molecule has 6 bridgehead atoms. The van der Waals surface area contributed by atoms with Gasteiger partial charge in [-0.2, -0.15) is 9.78 Å². The van der Waals surface area contributed by atoms with Gasteiger partial charge in [0.25, 0.3) is 6.07 Å². The van der Waals surface area contributed by atoms with Crippen molar-refractivity contribution in [2.75, 3.05) is 31.1 Å². The quantitative estimate of drug-likeness (QED) is 0.595. The Hall–Kier alpha value is -3.24. The van der Waals surface area contributed by atoms with Crippen molar-refractivity contribution in [1.82, 2.24) is 24.6 Å². The second-order valence-electron chi connectivity index (χ2n) is 7.60. The monoisotopic (exact) mass is 386 g/mol. The van der Waals surface area contributed by atoms with Crippen LogP contribution in [0.4, 0.5) is 5.82 Å². The van der Waals surface area contributed by atoms with Crippen molar-refractivity contribution in [1.29, 1.82) is 0 Å². The van der Waals surface area contributed by atoms with Crippen LogP contribution < -0.4 is 4.90 Å². The molecule has 1 fully saturated rings. The van der Waals surface area contributed by atoms with Gasteiger partial charge in [-0.25, -0.2) is 4.98 Å². The zero-order valence-electron chi connectivity index (χ0n) is 16.6. The maximum atomic E-state index is 4.68. The molecule has 4 aliphatic rings. The first-order valence-electron chi connectivity index (χ1n) is 10.1. The van der Waals surface area contributed by atoms with Crippen LogP contribution in [0, 0.1) is 13.0 Å². The molecular weight excluding hydrogens is 362 g/mol. The van der Waals surface area contributed by atoms with E-state index in [1.165, 1.54) is 11.1 Å². The molecule has 0 unspecified atom stereocenters. The van der Waals surface area contributed by atoms with Crippen LogP contribution >= 0.6 is 0 Å². The summed E-state index contributed by atoms with van der Waals surface area (Å²) in [6.07, 6.45) is 6.36. The lowest BCUT2D eigenvalue weighted by molar-refractivity contribution is 0.249. The van der Waals surface area contributed by atoms with Crippen molar-refractivity contribution in [3.8, 4) is 17.3 Å². The number of benzene rings is 1. The highest BCUT2D eigenvalue weighted by Crippen LogP contribution is 2.28. The number of rotatable bonds is 0. The number of anilines is 1. The molecule has 0 aliphatic carbocycles. The first kappa shape index (κ1) is 17.8. The van der Waals surface area contributed by atoms with Crippen LogP contribution in [0.5, 0.6) is 0 Å². The van der Waals surface area contributed by atoms with Gasteiger partial charge in [0, 0.05) is 62.4 Å². The van der Waals surface area contributed by atoms with Crippen molar-refractivity contribution in [3.05, 3.63) is 64.5 Å². The Balaban J connectivity index is 1.51. The molecule has 7 nitrogen and oxygen atoms in total. The third kappa shape index (κ3) is 3.71. The molecule has 1 saturated heterocycles. The number of fused-ring (bicyclic) bond motifs is 2. The van der Waals surface area contributed by atoms with Crippen LogP contribution in [-0.2, 0) is 19.6 Å². The van der Waals surface area contributed by atoms with Crippen molar-refractivity contribution < 1.29 is 0 Å². The summed E-state index contributed by atoms with van der Waals surface area (Å²) in [6.45, 7) is 7.37. The van der Waals surface area contributed by atoms with Gasteiger partial charge in [-0.1, -0.05) is 29.1 Å². The second-order valence-corrected chi connectivity index (χ2v) is 7.60. The minimum Gasteiger partial charge on any atom is -0.352 e. The summed E-state index contributed by atoms with van der Waals surface area (Å²) in [6, 6.07) is 11.6. The average molecular weight is 386 g/mol. The Labute approximate surface area is 170 Å². The summed E-state index contributed by atoms with van der Waals surface area (Å²) in [7, 11) is 0. The maximum Gasteiger partial charge on any atom is 0.356 e. The number of hydrogen-bond donors (Lipinski definition) is 0. The molecule has 0 amide bonds. The molecule has 146 valence electrons. The van der Waals surface area contributed by atoms with Crippen LogP contribution in [-0.4, -0.2) is 50.8 Å². The third-order valence-electron chi connectivity index (χ3n) is 5.63. The van der Waals surface area contributed by atoms with Crippen LogP contribution in [0.1, 0.15) is 16.8 Å². The molecule has 6 heterocycles. The molecule has 0 atom stereocenters. The van der Waals surface area contributed by atoms with Crippen molar-refractivity contribution in [2.24, 2.45) is 0 Å². The Morgan fingerprint density at radius 2 is 1.79 bits per heavy atom. The fourth-order valence-corrected chi connectivity index (χ4v) is 3.96. The lowest BCUT2D eigenvalue weighted by Crippen LogP contribution is -2.46. The number of nitrogens with zero attached hydrogens (tertiary/aromatic N) is 7. The molecule has 2 aromatic heterocycles. The molecule has 7 rings (SSSR count). The highest BCUT2D eigenvalue weighted by atomic mass is 15.3. The maximum absolute atomic E-state index is 4.68. The summed E-state index contributed by atoms with van der Waals surface area (Å²) in [5.74, 6) is 0.971. The van der Waals surface area contributed by atoms with Gasteiger partial charge < -0.3 is 4.90 Å². The van der Waals surface area contributed by atoms with Crippen LogP contribution in [0.15, 0.2) is 42.9 Å². The molecule has 4 aliphatic heterocycles. The number of hydrogen-bond acceptors (Lipinski definition) is 5. The lowest BCUT2D eigenvalue weighted by Gasteiger charge is -2.35. The van der Waals surface area contributed by atoms with E-state index in [1.54, 1.807) is 12.4 Å². The Bertz CT molecular complexity index is 1070. The zero-order valence-corrected chi connectivity index (χ0v) is 16.6. The predicted molar refractivity (Wildman–Crippen MR) is 113 cm³/mol. The molecule has 0 spiro atoms. The van der Waals surface area contributed by atoms with Gasteiger partial charge in [0.2, 0.25) is 0 Å². The third-order valence-corrected chi connectivity index (χ3v) is 5.63. The molecule has 3 aromatic rings. The van der Waals surface area contributed by atoms with Gasteiger partial charge in [0.1, 0.15) is 12.1 Å². The number of piperazine rings is 1. The summed E-state index contributed by atoms with van der Waals surface area (Å²) in [4.78, 5) is 18.6. The van der Waals surface area contributed by atoms with E-state index in [4.69, 9.17) is 0 Å². The summed E-state index contributed by atoms with van der Waals surface area (Å²) in [5, 5.41) is 4.62. The highest BCUT2D eigenvalue weighted by molar-refractivity contribution is 5.72. The summed E-state index contributed by atoms with van der Waals surface area (Å²) < 4.78 is 1.91. The lowest BCUT2D eigenvalue weighted by atomic mass is 10.1. The van der Waals surface area contributed by atoms with Gasteiger partial charge in [-0.3, -0.25) is 9.88 Å². The SMILES string of the molecule is Cc1nn2cc1CN1CCN(CC1)c1nccnc1-c1ccc(cc1)CC#[N+]C2. The van der Waals surface area contributed by atoms with Gasteiger partial charge >= 0.3 is 6.67 Å². The van der Waals surface area contributed by atoms with Crippen LogP contribution in [0.25, 0.3) is 16.1 Å². The molecular formula is C22H24N7+. The second kappa shape index (κ2) is 7.64. The molecule has 0 saturated carbocycles. The summed E-state index contributed by atoms with van der Waals surface area (Å²) in [5.41, 5.74) is 5.56. The molecule has 29 heavy (non-hydrogen) atoms. The normalized spacial score (nSPS) is 16.7. The minimum atomic E-state index is 0.510. The Morgan fingerprint density at radius 1 is 1.00 bits per heavy atom. The smallest absolute Gasteiger partial charge is 0.352 e. The molecule has 7 heteroatoms. The van der Waals surface area contributed by atoms with Crippen molar-refractivity contribution in [3.63, 3.8) is 0 Å². The zero-order chi connectivity index (χ0) is 19.6. The largest absolute Gasteiger partial charge is 0.356 e. The van der Waals surface area contributed by atoms with Gasteiger partial charge in [-0.15, -0.1) is 0 Å². The van der Waals surface area contributed by atoms with E-state index in [9.17, 15) is 0 Å². The average Bonchev–Trinajstić information content (AvgIpc) is 3.11. The number of aryl methyl sites for hydroxylation is 1. The van der Waals surface area contributed by atoms with E-state index in [1.807, 2.05) is 4.68 Å². The first-order chi connectivity index (χ1) is 14.3. The Morgan fingerprint density at radius 3 is 2.62 bits per heavy atom. The minimum absolute atomic E-state index is 0.510. The van der Waals surface area contributed by atoms with E-state index >= 15 is 0 Å². The van der Waals surface area contributed by atoms with E-state index < -0.39 is 0 Å². The highest BCUT2D eigenvalue weighted by Gasteiger charge is 2.22. The topological polar surface area (TPSA) is 54.4 Å². The fourth-order valence-electron chi connectivity index (χ4n) is 3.96. The van der Waals surface area contributed by atoms with Crippen molar-refractivity contribution >= 4 is 5.82 Å². The van der Waals surface area contributed by atoms with Gasteiger partial charge in [0.05, 0.1) is 5.69 Å². The van der Waals surface area contributed by atoms with Crippen molar-refractivity contribution in [2.45, 2.75) is 26.6 Å². The van der Waals surface area contributed by atoms with E-state index in [0.29, 0.717) is 13.1 Å². The molecule has 1 aromatic carbocycles. The van der Waals surface area contributed by atoms with E-state index in [0.717, 1.165) is 55.5 Å². The van der Waals surface area contributed by atoms with Gasteiger partial charge in [0.15, 0.2) is 5.82 Å². The molecule has 0 N–H and O–H groups in total. The molecule has 0 radical (unpaired) electrons. The number of aromatic nitrogens is 4.